The monoisotopic (exact) mass is 605 g/mol. The molecule has 10 rings (SSSR count). The summed E-state index contributed by atoms with van der Waals surface area (Å²) in [4.78, 5) is 3.74. The lowest BCUT2D eigenvalue weighted by Gasteiger charge is -2.08. The molecule has 47 heavy (non-hydrogen) atoms. The van der Waals surface area contributed by atoms with Gasteiger partial charge in [-0.05, 0) is 64.7 Å². The van der Waals surface area contributed by atoms with Crippen LogP contribution in [-0.2, 0) is 0 Å². The Morgan fingerprint density at radius 1 is 0.383 bits per heavy atom. The van der Waals surface area contributed by atoms with E-state index in [1.54, 1.807) is 0 Å². The van der Waals surface area contributed by atoms with E-state index in [-0.39, 0.29) is 0 Å². The molecule has 0 amide bonds. The minimum absolute atomic E-state index is 0.908. The lowest BCUT2D eigenvalue weighted by molar-refractivity contribution is 0.669. The van der Waals surface area contributed by atoms with Gasteiger partial charge < -0.3 is 13.8 Å². The summed E-state index contributed by atoms with van der Waals surface area (Å²) in [5.74, 6) is 0. The van der Waals surface area contributed by atoms with Crippen molar-refractivity contribution in [3.05, 3.63) is 146 Å². The molecule has 0 saturated carbocycles. The number of benzene rings is 7. The van der Waals surface area contributed by atoms with Crippen LogP contribution in [0.2, 0.25) is 0 Å². The van der Waals surface area contributed by atoms with E-state index < -0.39 is 0 Å². The number of H-pyrrole nitrogens is 1. The van der Waals surface area contributed by atoms with Crippen LogP contribution in [0.25, 0.3) is 99.1 Å². The van der Waals surface area contributed by atoms with Gasteiger partial charge in [0.1, 0.15) is 22.3 Å². The van der Waals surface area contributed by atoms with Crippen molar-refractivity contribution in [2.24, 2.45) is 0 Å². The third kappa shape index (κ3) is 4.28. The van der Waals surface area contributed by atoms with Gasteiger partial charge >= 0.3 is 0 Å². The van der Waals surface area contributed by atoms with Crippen molar-refractivity contribution in [3.8, 4) is 33.4 Å². The maximum Gasteiger partial charge on any atom is 0.143 e. The second kappa shape index (κ2) is 10.8. The predicted octanol–water partition coefficient (Wildman–Crippen LogP) is 13.1. The molecule has 0 aliphatic carbocycles. The van der Waals surface area contributed by atoms with E-state index in [2.05, 4.69) is 126 Å². The van der Waals surface area contributed by atoms with Crippen LogP contribution in [0.4, 0.5) is 0 Å². The molecular formula is C44H31NO2. The highest BCUT2D eigenvalue weighted by Crippen LogP contribution is 2.40. The number of furan rings is 2. The molecule has 0 bridgehead atoms. The fourth-order valence-electron chi connectivity index (χ4n) is 7.08. The van der Waals surface area contributed by atoms with Gasteiger partial charge in [0.25, 0.3) is 0 Å². The molecule has 3 nitrogen and oxygen atoms in total. The van der Waals surface area contributed by atoms with Crippen LogP contribution in [0.1, 0.15) is 13.8 Å². The average molecular weight is 606 g/mol. The molecule has 3 aromatic heterocycles. The van der Waals surface area contributed by atoms with Crippen molar-refractivity contribution in [1.82, 2.24) is 4.98 Å². The topological polar surface area (TPSA) is 42.1 Å². The summed E-state index contributed by atoms with van der Waals surface area (Å²) in [6.45, 7) is 4.00. The fraction of sp³-hybridized carbons (Fsp3) is 0.0455. The summed E-state index contributed by atoms with van der Waals surface area (Å²) in [7, 11) is 0. The normalized spacial score (nSPS) is 11.6. The van der Waals surface area contributed by atoms with E-state index in [4.69, 9.17) is 8.83 Å². The molecule has 3 heteroatoms. The zero-order valence-corrected chi connectivity index (χ0v) is 26.2. The van der Waals surface area contributed by atoms with Crippen molar-refractivity contribution < 1.29 is 8.83 Å². The van der Waals surface area contributed by atoms with E-state index in [0.29, 0.717) is 0 Å². The number of aromatic nitrogens is 1. The quantitative estimate of drug-likeness (QED) is 0.218. The number of fused-ring (bicyclic) bond motifs is 9. The van der Waals surface area contributed by atoms with Crippen LogP contribution >= 0.6 is 0 Å². The van der Waals surface area contributed by atoms with Gasteiger partial charge in [0.05, 0.1) is 5.52 Å². The summed E-state index contributed by atoms with van der Waals surface area (Å²) < 4.78 is 12.6. The van der Waals surface area contributed by atoms with Crippen LogP contribution in [0.15, 0.2) is 154 Å². The standard InChI is InChI=1S/C42H25NO2.C2H6/c1-3-16-38-31(10-1)33-20-18-26(24-40(33)44-38)25-8-5-9-27(22-25)29-12-6-14-34-36-23-28(19-21-37(36)43-41(29)34)30-13-7-15-35-32-11-2-4-17-39(32)45-42(30)35;1-2/h1-24,43H;1-2H3. The summed E-state index contributed by atoms with van der Waals surface area (Å²) in [6.07, 6.45) is 0. The Morgan fingerprint density at radius 2 is 0.979 bits per heavy atom. The lowest BCUT2D eigenvalue weighted by Crippen LogP contribution is -1.83. The van der Waals surface area contributed by atoms with Crippen LogP contribution < -0.4 is 0 Å². The summed E-state index contributed by atoms with van der Waals surface area (Å²) in [6, 6.07) is 51.4. The van der Waals surface area contributed by atoms with Gasteiger partial charge in [-0.15, -0.1) is 0 Å². The zero-order chi connectivity index (χ0) is 31.5. The molecule has 0 atom stereocenters. The highest BCUT2D eigenvalue weighted by molar-refractivity contribution is 6.14. The maximum atomic E-state index is 6.37. The molecule has 0 radical (unpaired) electrons. The van der Waals surface area contributed by atoms with Gasteiger partial charge in [0.2, 0.25) is 0 Å². The second-order valence-corrected chi connectivity index (χ2v) is 11.8. The van der Waals surface area contributed by atoms with Crippen LogP contribution in [-0.4, -0.2) is 4.98 Å². The van der Waals surface area contributed by atoms with Crippen molar-refractivity contribution in [2.75, 3.05) is 0 Å². The lowest BCUT2D eigenvalue weighted by atomic mass is 9.96. The van der Waals surface area contributed by atoms with E-state index in [1.807, 2.05) is 38.1 Å². The SMILES string of the molecule is CC.c1cc(-c2ccc3c(c2)oc2ccccc23)cc(-c2cccc3c2[nH]c2ccc(-c4cccc5c4oc4ccccc45)cc23)c1. The van der Waals surface area contributed by atoms with Crippen LogP contribution in [0.5, 0.6) is 0 Å². The number of hydrogen-bond acceptors (Lipinski definition) is 2. The second-order valence-electron chi connectivity index (χ2n) is 11.8. The Hall–Kier alpha value is -6.06. The summed E-state index contributed by atoms with van der Waals surface area (Å²) in [5, 5.41) is 6.98. The van der Waals surface area contributed by atoms with Crippen molar-refractivity contribution in [1.29, 1.82) is 0 Å². The fourth-order valence-corrected chi connectivity index (χ4v) is 7.08. The smallest absolute Gasteiger partial charge is 0.143 e. The largest absolute Gasteiger partial charge is 0.456 e. The molecule has 0 aliphatic rings. The van der Waals surface area contributed by atoms with Crippen molar-refractivity contribution in [3.63, 3.8) is 0 Å². The number of hydrogen-bond donors (Lipinski definition) is 1. The van der Waals surface area contributed by atoms with Crippen molar-refractivity contribution in [2.45, 2.75) is 13.8 Å². The van der Waals surface area contributed by atoms with Gasteiger partial charge in [0, 0.05) is 49.0 Å². The third-order valence-electron chi connectivity index (χ3n) is 9.23. The molecule has 7 aromatic carbocycles. The molecule has 0 saturated heterocycles. The third-order valence-corrected chi connectivity index (χ3v) is 9.23. The molecule has 224 valence electrons. The molecule has 0 spiro atoms. The first-order valence-corrected chi connectivity index (χ1v) is 16.3. The van der Waals surface area contributed by atoms with Gasteiger partial charge in [-0.1, -0.05) is 117 Å². The average Bonchev–Trinajstić information content (AvgIpc) is 3.83. The van der Waals surface area contributed by atoms with Crippen molar-refractivity contribution >= 4 is 65.7 Å². The summed E-state index contributed by atoms with van der Waals surface area (Å²) in [5.41, 5.74) is 12.8. The first kappa shape index (κ1) is 27.3. The van der Waals surface area contributed by atoms with Crippen LogP contribution in [0.3, 0.4) is 0 Å². The first-order valence-electron chi connectivity index (χ1n) is 16.3. The van der Waals surface area contributed by atoms with E-state index in [9.17, 15) is 0 Å². The molecule has 1 N–H and O–H groups in total. The molecule has 0 aliphatic heterocycles. The predicted molar refractivity (Wildman–Crippen MR) is 198 cm³/mol. The van der Waals surface area contributed by atoms with E-state index >= 15 is 0 Å². The Labute approximate surface area is 271 Å². The maximum absolute atomic E-state index is 6.37. The number of nitrogens with one attached hydrogen (secondary N) is 1. The minimum atomic E-state index is 0.908. The first-order chi connectivity index (χ1) is 23.3. The summed E-state index contributed by atoms with van der Waals surface area (Å²) >= 11 is 0. The molecule has 0 fully saturated rings. The number of para-hydroxylation sites is 4. The Balaban J connectivity index is 0.00000149. The Kier molecular flexibility index (Phi) is 6.26. The highest BCUT2D eigenvalue weighted by Gasteiger charge is 2.15. The van der Waals surface area contributed by atoms with E-state index in [0.717, 1.165) is 77.2 Å². The van der Waals surface area contributed by atoms with Crippen LogP contribution in [0, 0.1) is 0 Å². The minimum Gasteiger partial charge on any atom is -0.456 e. The Morgan fingerprint density at radius 3 is 1.83 bits per heavy atom. The molecule has 10 aromatic rings. The van der Waals surface area contributed by atoms with Gasteiger partial charge in [0.15, 0.2) is 0 Å². The molecule has 3 heterocycles. The number of rotatable bonds is 3. The van der Waals surface area contributed by atoms with Gasteiger partial charge in [-0.3, -0.25) is 0 Å². The van der Waals surface area contributed by atoms with Gasteiger partial charge in [-0.25, -0.2) is 0 Å². The highest BCUT2D eigenvalue weighted by atomic mass is 16.3. The van der Waals surface area contributed by atoms with Gasteiger partial charge in [-0.2, -0.15) is 0 Å². The molecule has 0 unspecified atom stereocenters. The molecular weight excluding hydrogens is 574 g/mol. The zero-order valence-electron chi connectivity index (χ0n) is 26.2. The van der Waals surface area contributed by atoms with E-state index in [1.165, 1.54) is 21.9 Å². The Bertz CT molecular complexity index is 2770. The number of aromatic amines is 1.